The highest BCUT2D eigenvalue weighted by atomic mass is 35.5. The molecule has 1 unspecified atom stereocenters. The summed E-state index contributed by atoms with van der Waals surface area (Å²) in [5.41, 5.74) is 6.54. The molecular weight excluding hydrogens is 264 g/mol. The zero-order chi connectivity index (χ0) is 13.7. The molecule has 0 radical (unpaired) electrons. The van der Waals surface area contributed by atoms with Crippen LogP contribution in [0.25, 0.3) is 0 Å². The first kappa shape index (κ1) is 14.2. The Morgan fingerprint density at radius 2 is 2.32 bits per heavy atom. The van der Waals surface area contributed by atoms with Crippen LogP contribution in [0.15, 0.2) is 18.2 Å². The molecule has 1 aromatic carbocycles. The minimum Gasteiger partial charge on any atom is -0.397 e. The molecule has 0 aliphatic carbocycles. The molecule has 1 aliphatic rings. The lowest BCUT2D eigenvalue weighted by atomic mass is 10.1. The van der Waals surface area contributed by atoms with Gasteiger partial charge in [0.05, 0.1) is 22.4 Å². The van der Waals surface area contributed by atoms with Gasteiger partial charge in [0.15, 0.2) is 0 Å². The highest BCUT2D eigenvalue weighted by Gasteiger charge is 2.15. The normalized spacial score (nSPS) is 19.1. The Bertz CT molecular complexity index is 445. The summed E-state index contributed by atoms with van der Waals surface area (Å²) >= 11 is 5.89. The van der Waals surface area contributed by atoms with Crippen LogP contribution in [0.2, 0.25) is 5.02 Å². The maximum atomic E-state index is 12.0. The van der Waals surface area contributed by atoms with Crippen molar-refractivity contribution in [1.29, 1.82) is 0 Å². The number of rotatable bonds is 4. The van der Waals surface area contributed by atoms with Gasteiger partial charge in [-0.1, -0.05) is 17.7 Å². The number of nitrogens with two attached hydrogens (primary N) is 1. The molecule has 1 aliphatic heterocycles. The highest BCUT2D eigenvalue weighted by molar-refractivity contribution is 6.33. The third-order valence-corrected chi connectivity index (χ3v) is 3.65. The highest BCUT2D eigenvalue weighted by Crippen LogP contribution is 2.22. The van der Waals surface area contributed by atoms with Gasteiger partial charge in [0.2, 0.25) is 0 Å². The molecule has 1 heterocycles. The standard InChI is InChI=1S/C14H19ClN2O2/c15-12-6-3-5-11(13(12)16)14(18)17-8-7-10-4-1-2-9-19-10/h3,5-6,10H,1-2,4,7-9,16H2,(H,17,18). The monoisotopic (exact) mass is 282 g/mol. The van der Waals surface area contributed by atoms with Gasteiger partial charge in [-0.15, -0.1) is 0 Å². The minimum atomic E-state index is -0.184. The third-order valence-electron chi connectivity index (χ3n) is 3.32. The maximum Gasteiger partial charge on any atom is 0.253 e. The fourth-order valence-electron chi connectivity index (χ4n) is 2.21. The molecule has 4 nitrogen and oxygen atoms in total. The van der Waals surface area contributed by atoms with Crippen molar-refractivity contribution in [2.75, 3.05) is 18.9 Å². The summed E-state index contributed by atoms with van der Waals surface area (Å²) in [5, 5.41) is 3.26. The summed E-state index contributed by atoms with van der Waals surface area (Å²) in [6, 6.07) is 5.06. The van der Waals surface area contributed by atoms with Gasteiger partial charge in [0.25, 0.3) is 5.91 Å². The molecule has 2 rings (SSSR count). The molecule has 1 amide bonds. The zero-order valence-corrected chi connectivity index (χ0v) is 11.6. The maximum absolute atomic E-state index is 12.0. The van der Waals surface area contributed by atoms with Crippen molar-refractivity contribution in [1.82, 2.24) is 5.32 Å². The van der Waals surface area contributed by atoms with Crippen LogP contribution >= 0.6 is 11.6 Å². The number of ether oxygens (including phenoxy) is 1. The first-order valence-corrected chi connectivity index (χ1v) is 7.00. The van der Waals surface area contributed by atoms with Crippen molar-refractivity contribution in [2.45, 2.75) is 31.8 Å². The Labute approximate surface area is 118 Å². The number of hydrogen-bond donors (Lipinski definition) is 2. The predicted molar refractivity (Wildman–Crippen MR) is 76.4 cm³/mol. The number of nitrogen functional groups attached to an aromatic ring is 1. The number of carbonyl (C=O) groups is 1. The zero-order valence-electron chi connectivity index (χ0n) is 10.8. The van der Waals surface area contributed by atoms with E-state index in [0.29, 0.717) is 22.8 Å². The summed E-state index contributed by atoms with van der Waals surface area (Å²) in [7, 11) is 0. The number of anilines is 1. The van der Waals surface area contributed by atoms with E-state index < -0.39 is 0 Å². The van der Waals surface area contributed by atoms with Crippen molar-refractivity contribution >= 4 is 23.2 Å². The quantitative estimate of drug-likeness (QED) is 0.835. The smallest absolute Gasteiger partial charge is 0.253 e. The van der Waals surface area contributed by atoms with Gasteiger partial charge in [-0.2, -0.15) is 0 Å². The van der Waals surface area contributed by atoms with Crippen LogP contribution in [-0.4, -0.2) is 25.2 Å². The summed E-state index contributed by atoms with van der Waals surface area (Å²) in [6.07, 6.45) is 4.54. The summed E-state index contributed by atoms with van der Waals surface area (Å²) < 4.78 is 5.61. The van der Waals surface area contributed by atoms with Crippen LogP contribution in [-0.2, 0) is 4.74 Å². The van der Waals surface area contributed by atoms with E-state index in [1.807, 2.05) is 0 Å². The summed E-state index contributed by atoms with van der Waals surface area (Å²) in [4.78, 5) is 12.0. The van der Waals surface area contributed by atoms with E-state index in [1.54, 1.807) is 18.2 Å². The fourth-order valence-corrected chi connectivity index (χ4v) is 2.39. The van der Waals surface area contributed by atoms with Crippen LogP contribution in [0, 0.1) is 0 Å². The molecule has 1 fully saturated rings. The van der Waals surface area contributed by atoms with Crippen molar-refractivity contribution < 1.29 is 9.53 Å². The van der Waals surface area contributed by atoms with Crippen molar-refractivity contribution in [3.63, 3.8) is 0 Å². The largest absolute Gasteiger partial charge is 0.397 e. The molecule has 1 atom stereocenters. The number of hydrogen-bond acceptors (Lipinski definition) is 3. The number of benzene rings is 1. The van der Waals surface area contributed by atoms with Crippen molar-refractivity contribution in [3.05, 3.63) is 28.8 Å². The Morgan fingerprint density at radius 1 is 1.47 bits per heavy atom. The molecule has 19 heavy (non-hydrogen) atoms. The molecule has 104 valence electrons. The van der Waals surface area contributed by atoms with E-state index >= 15 is 0 Å². The Hall–Kier alpha value is -1.26. The van der Waals surface area contributed by atoms with E-state index in [-0.39, 0.29) is 12.0 Å². The first-order valence-electron chi connectivity index (χ1n) is 6.62. The van der Waals surface area contributed by atoms with Crippen molar-refractivity contribution in [3.8, 4) is 0 Å². The van der Waals surface area contributed by atoms with Gasteiger partial charge in [-0.3, -0.25) is 4.79 Å². The average Bonchev–Trinajstić information content (AvgIpc) is 2.43. The third kappa shape index (κ3) is 3.85. The molecule has 1 saturated heterocycles. The summed E-state index contributed by atoms with van der Waals surface area (Å²) in [5.74, 6) is -0.184. The lowest BCUT2D eigenvalue weighted by Crippen LogP contribution is -2.29. The molecule has 0 saturated carbocycles. The molecule has 1 aromatic rings. The number of carbonyl (C=O) groups excluding carboxylic acids is 1. The molecule has 0 aromatic heterocycles. The van der Waals surface area contributed by atoms with Crippen LogP contribution in [0.1, 0.15) is 36.0 Å². The van der Waals surface area contributed by atoms with Gasteiger partial charge in [0.1, 0.15) is 0 Å². The van der Waals surface area contributed by atoms with Crippen LogP contribution in [0.3, 0.4) is 0 Å². The molecule has 0 bridgehead atoms. The van der Waals surface area contributed by atoms with Gasteiger partial charge in [-0.25, -0.2) is 0 Å². The van der Waals surface area contributed by atoms with E-state index in [9.17, 15) is 4.79 Å². The van der Waals surface area contributed by atoms with Crippen molar-refractivity contribution in [2.24, 2.45) is 0 Å². The van der Waals surface area contributed by atoms with Gasteiger partial charge in [0, 0.05) is 13.2 Å². The molecule has 0 spiro atoms. The predicted octanol–water partition coefficient (Wildman–Crippen LogP) is 2.61. The van der Waals surface area contributed by atoms with Crippen LogP contribution in [0.5, 0.6) is 0 Å². The number of nitrogens with one attached hydrogen (secondary N) is 1. The van der Waals surface area contributed by atoms with E-state index in [0.717, 1.165) is 25.9 Å². The van der Waals surface area contributed by atoms with Crippen LogP contribution in [0.4, 0.5) is 5.69 Å². The van der Waals surface area contributed by atoms with Gasteiger partial charge in [-0.05, 0) is 37.8 Å². The number of halogens is 1. The van der Waals surface area contributed by atoms with Gasteiger partial charge >= 0.3 is 0 Å². The van der Waals surface area contributed by atoms with E-state index in [4.69, 9.17) is 22.1 Å². The Balaban J connectivity index is 1.82. The van der Waals surface area contributed by atoms with E-state index in [2.05, 4.69) is 5.32 Å². The SMILES string of the molecule is Nc1c(Cl)cccc1C(=O)NCCC1CCCCO1. The molecular formula is C14H19ClN2O2. The second-order valence-electron chi connectivity index (χ2n) is 4.73. The molecule has 5 heteroatoms. The topological polar surface area (TPSA) is 64.4 Å². The minimum absolute atomic E-state index is 0.184. The second kappa shape index (κ2) is 6.78. The second-order valence-corrected chi connectivity index (χ2v) is 5.14. The molecule has 3 N–H and O–H groups in total. The Morgan fingerprint density at radius 3 is 3.05 bits per heavy atom. The average molecular weight is 283 g/mol. The van der Waals surface area contributed by atoms with Gasteiger partial charge < -0.3 is 15.8 Å². The number of amides is 1. The first-order chi connectivity index (χ1) is 9.18. The lowest BCUT2D eigenvalue weighted by Gasteiger charge is -2.22. The number of para-hydroxylation sites is 1. The summed E-state index contributed by atoms with van der Waals surface area (Å²) in [6.45, 7) is 1.43. The lowest BCUT2D eigenvalue weighted by molar-refractivity contribution is 0.0117. The fraction of sp³-hybridized carbons (Fsp3) is 0.500. The van der Waals surface area contributed by atoms with E-state index in [1.165, 1.54) is 6.42 Å². The van der Waals surface area contributed by atoms with Crippen LogP contribution < -0.4 is 11.1 Å². The Kier molecular flexibility index (Phi) is 5.05.